The summed E-state index contributed by atoms with van der Waals surface area (Å²) >= 11 is 0. The van der Waals surface area contributed by atoms with Gasteiger partial charge in [0, 0.05) is 0 Å². The van der Waals surface area contributed by atoms with Crippen molar-refractivity contribution in [2.24, 2.45) is 0 Å². The third-order valence-corrected chi connectivity index (χ3v) is 3.52. The molecule has 0 aliphatic carbocycles. The lowest BCUT2D eigenvalue weighted by atomic mass is 10.2. The van der Waals surface area contributed by atoms with Crippen molar-refractivity contribution >= 4 is 10.1 Å². The van der Waals surface area contributed by atoms with E-state index in [1.54, 1.807) is 42.5 Å². The maximum atomic E-state index is 11.9. The molecule has 0 aliphatic rings. The van der Waals surface area contributed by atoms with Gasteiger partial charge in [-0.1, -0.05) is 49.7 Å². The Balaban J connectivity index is 0.000000789. The number of hydrogen-bond donors (Lipinski definition) is 1. The summed E-state index contributed by atoms with van der Waals surface area (Å²) in [6, 6.07) is 15.0. The highest BCUT2D eigenvalue weighted by Gasteiger charge is 2.15. The van der Waals surface area contributed by atoms with E-state index in [-0.39, 0.29) is 4.90 Å². The molecule has 0 radical (unpaired) electrons. The second-order valence-electron chi connectivity index (χ2n) is 4.16. The minimum atomic E-state index is -3.73. The van der Waals surface area contributed by atoms with Gasteiger partial charge >= 0.3 is 10.1 Å². The van der Waals surface area contributed by atoms with Crippen LogP contribution in [0.15, 0.2) is 59.5 Å². The Kier molecular flexibility index (Phi) is 9.91. The number of hydrogen-bond acceptors (Lipinski definition) is 4. The van der Waals surface area contributed by atoms with Crippen molar-refractivity contribution in [1.29, 1.82) is 0 Å². The van der Waals surface area contributed by atoms with Gasteiger partial charge in [-0.25, -0.2) is 0 Å². The first kappa shape index (κ1) is 20.1. The largest absolute Gasteiger partial charge is 0.379 e. The maximum Gasteiger partial charge on any atom is 0.339 e. The summed E-state index contributed by atoms with van der Waals surface area (Å²) in [4.78, 5) is 0.153. The van der Waals surface area contributed by atoms with Crippen LogP contribution in [0, 0.1) is 6.92 Å². The summed E-state index contributed by atoms with van der Waals surface area (Å²) in [7, 11) is 0.0238. The second-order valence-corrected chi connectivity index (χ2v) is 5.71. The molecule has 122 valence electrons. The number of rotatable bonds is 3. The van der Waals surface area contributed by atoms with E-state index >= 15 is 0 Å². The first-order chi connectivity index (χ1) is 10.5. The Bertz CT molecular complexity index is 608. The minimum Gasteiger partial charge on any atom is -0.379 e. The van der Waals surface area contributed by atoms with E-state index < -0.39 is 10.1 Å². The summed E-state index contributed by atoms with van der Waals surface area (Å²) in [6.07, 6.45) is 0. The van der Waals surface area contributed by atoms with E-state index in [9.17, 15) is 8.42 Å². The molecule has 0 heterocycles. The average molecular weight is 323 g/mol. The predicted molar refractivity (Wildman–Crippen MR) is 91.8 cm³/mol. The fourth-order valence-electron chi connectivity index (χ4n) is 1.36. The molecular formula is C17H25NO3S. The Morgan fingerprint density at radius 1 is 0.864 bits per heavy atom. The van der Waals surface area contributed by atoms with Crippen LogP contribution in [0.2, 0.25) is 0 Å². The molecule has 1 N–H and O–H groups in total. The molecule has 0 bridgehead atoms. The molecule has 0 aliphatic heterocycles. The van der Waals surface area contributed by atoms with Crippen molar-refractivity contribution < 1.29 is 12.6 Å². The SMILES string of the molecule is CC.CNC.Cc1ccc(OS(=O)(=O)c2ccccc2)cc1. The quantitative estimate of drug-likeness (QED) is 0.877. The molecule has 2 rings (SSSR count). The van der Waals surface area contributed by atoms with Gasteiger partial charge in [-0.15, -0.1) is 0 Å². The van der Waals surface area contributed by atoms with Crippen molar-refractivity contribution in [3.63, 3.8) is 0 Å². The Hall–Kier alpha value is -1.85. The highest BCUT2D eigenvalue weighted by atomic mass is 32.2. The monoisotopic (exact) mass is 323 g/mol. The molecule has 0 amide bonds. The first-order valence-corrected chi connectivity index (χ1v) is 8.55. The van der Waals surface area contributed by atoms with Crippen molar-refractivity contribution in [2.45, 2.75) is 25.7 Å². The smallest absolute Gasteiger partial charge is 0.339 e. The van der Waals surface area contributed by atoms with E-state index in [1.807, 2.05) is 34.9 Å². The fraction of sp³-hybridized carbons (Fsp3) is 0.294. The van der Waals surface area contributed by atoms with Gasteiger partial charge in [0.1, 0.15) is 10.6 Å². The molecule has 0 spiro atoms. The van der Waals surface area contributed by atoms with E-state index in [0.717, 1.165) is 5.56 Å². The molecular weight excluding hydrogens is 298 g/mol. The zero-order valence-corrected chi connectivity index (χ0v) is 14.6. The van der Waals surface area contributed by atoms with Gasteiger partial charge in [-0.3, -0.25) is 0 Å². The van der Waals surface area contributed by atoms with Crippen LogP contribution in [-0.4, -0.2) is 22.5 Å². The normalized spacial score (nSPS) is 9.68. The Morgan fingerprint density at radius 3 is 1.77 bits per heavy atom. The fourth-order valence-corrected chi connectivity index (χ4v) is 2.31. The summed E-state index contributed by atoms with van der Waals surface area (Å²) in [5.74, 6) is 0.319. The number of aryl methyl sites for hydroxylation is 1. The average Bonchev–Trinajstić information content (AvgIpc) is 2.53. The van der Waals surface area contributed by atoms with Crippen molar-refractivity contribution in [2.75, 3.05) is 14.1 Å². The molecule has 0 atom stereocenters. The van der Waals surface area contributed by atoms with Crippen molar-refractivity contribution in [1.82, 2.24) is 5.32 Å². The van der Waals surface area contributed by atoms with Crippen LogP contribution in [-0.2, 0) is 10.1 Å². The lowest BCUT2D eigenvalue weighted by molar-refractivity contribution is 0.486. The third kappa shape index (κ3) is 7.24. The zero-order valence-electron chi connectivity index (χ0n) is 13.8. The van der Waals surface area contributed by atoms with Crippen LogP contribution in [0.1, 0.15) is 19.4 Å². The van der Waals surface area contributed by atoms with Crippen LogP contribution in [0.3, 0.4) is 0 Å². The maximum absolute atomic E-state index is 11.9. The molecule has 22 heavy (non-hydrogen) atoms. The van der Waals surface area contributed by atoms with Crippen molar-refractivity contribution in [3.8, 4) is 5.75 Å². The minimum absolute atomic E-state index is 0.153. The van der Waals surface area contributed by atoms with E-state index in [4.69, 9.17) is 4.18 Å². The molecule has 0 saturated heterocycles. The second kappa shape index (κ2) is 10.8. The number of benzene rings is 2. The third-order valence-electron chi connectivity index (χ3n) is 2.26. The van der Waals surface area contributed by atoms with Gasteiger partial charge in [-0.2, -0.15) is 8.42 Å². The van der Waals surface area contributed by atoms with Crippen LogP contribution in [0.4, 0.5) is 0 Å². The van der Waals surface area contributed by atoms with Crippen LogP contribution < -0.4 is 9.50 Å². The van der Waals surface area contributed by atoms with Crippen LogP contribution in [0.25, 0.3) is 0 Å². The molecule has 0 fully saturated rings. The molecule has 0 saturated carbocycles. The topological polar surface area (TPSA) is 55.4 Å². The van der Waals surface area contributed by atoms with Gasteiger partial charge < -0.3 is 9.50 Å². The van der Waals surface area contributed by atoms with Crippen molar-refractivity contribution in [3.05, 3.63) is 60.2 Å². The summed E-state index contributed by atoms with van der Waals surface area (Å²) < 4.78 is 28.7. The molecule has 0 aromatic heterocycles. The summed E-state index contributed by atoms with van der Waals surface area (Å²) in [5.41, 5.74) is 1.05. The molecule has 2 aromatic rings. The lowest BCUT2D eigenvalue weighted by Gasteiger charge is -2.06. The molecule has 4 nitrogen and oxygen atoms in total. The molecule has 5 heteroatoms. The van der Waals surface area contributed by atoms with Gasteiger partial charge in [-0.05, 0) is 45.3 Å². The van der Waals surface area contributed by atoms with E-state index in [2.05, 4.69) is 5.32 Å². The van der Waals surface area contributed by atoms with Gasteiger partial charge in [0.2, 0.25) is 0 Å². The summed E-state index contributed by atoms with van der Waals surface area (Å²) in [5, 5.41) is 2.75. The first-order valence-electron chi connectivity index (χ1n) is 7.14. The lowest BCUT2D eigenvalue weighted by Crippen LogP contribution is -2.09. The van der Waals surface area contributed by atoms with Gasteiger partial charge in [0.25, 0.3) is 0 Å². The van der Waals surface area contributed by atoms with Crippen LogP contribution in [0.5, 0.6) is 5.75 Å². The van der Waals surface area contributed by atoms with Crippen LogP contribution >= 0.6 is 0 Å². The van der Waals surface area contributed by atoms with E-state index in [0.29, 0.717) is 5.75 Å². The van der Waals surface area contributed by atoms with Gasteiger partial charge in [0.15, 0.2) is 0 Å². The number of nitrogens with one attached hydrogen (secondary N) is 1. The zero-order chi connectivity index (χ0) is 17.0. The molecule has 2 aromatic carbocycles. The summed E-state index contributed by atoms with van der Waals surface area (Å²) in [6.45, 7) is 5.93. The Morgan fingerprint density at radius 2 is 1.32 bits per heavy atom. The standard InChI is InChI=1S/C13H12O3S.C2H7N.C2H6/c1-11-7-9-12(10-8-11)16-17(14,15)13-5-3-2-4-6-13;1-3-2;1-2/h2-10H,1H3;3H,1-2H3;1-2H3. The Labute approximate surface area is 134 Å². The van der Waals surface area contributed by atoms with Gasteiger partial charge in [0.05, 0.1) is 0 Å². The molecule has 0 unspecified atom stereocenters. The highest BCUT2D eigenvalue weighted by Crippen LogP contribution is 2.18. The highest BCUT2D eigenvalue weighted by molar-refractivity contribution is 7.87. The van der Waals surface area contributed by atoms with E-state index in [1.165, 1.54) is 12.1 Å². The predicted octanol–water partition coefficient (Wildman–Crippen LogP) is 3.62.